The highest BCUT2D eigenvalue weighted by Crippen LogP contribution is 2.14. The van der Waals surface area contributed by atoms with Crippen LogP contribution in [0.3, 0.4) is 0 Å². The largest absolute Gasteiger partial charge is 0.357 e. The van der Waals surface area contributed by atoms with Crippen molar-refractivity contribution in [3.05, 3.63) is 11.6 Å². The average molecular weight is 434 g/mol. The molecule has 0 radical (unpaired) electrons. The van der Waals surface area contributed by atoms with Crippen molar-refractivity contribution in [1.29, 1.82) is 0 Å². The lowest BCUT2D eigenvalue weighted by atomic mass is 10.2. The van der Waals surface area contributed by atoms with Gasteiger partial charge in [0, 0.05) is 39.0 Å². The molecule has 0 atom stereocenters. The van der Waals surface area contributed by atoms with Gasteiger partial charge >= 0.3 is 0 Å². The Bertz CT molecular complexity index is 483. The number of guanidine groups is 1. The summed E-state index contributed by atoms with van der Waals surface area (Å²) in [6.07, 6.45) is 5.73. The molecule has 1 aliphatic rings. The van der Waals surface area contributed by atoms with Gasteiger partial charge in [-0.1, -0.05) is 20.3 Å². The molecule has 7 heteroatoms. The first-order valence-corrected chi connectivity index (χ1v) is 8.63. The molecule has 0 unspecified atom stereocenters. The molecular formula is C16H31IN6. The fourth-order valence-electron chi connectivity index (χ4n) is 2.64. The van der Waals surface area contributed by atoms with E-state index in [2.05, 4.69) is 51.2 Å². The lowest BCUT2D eigenvalue weighted by molar-refractivity contribution is 0.599. The van der Waals surface area contributed by atoms with Crippen molar-refractivity contribution in [2.75, 3.05) is 19.6 Å². The Labute approximate surface area is 157 Å². The van der Waals surface area contributed by atoms with Crippen LogP contribution < -0.4 is 10.6 Å². The van der Waals surface area contributed by atoms with Gasteiger partial charge in [0.05, 0.1) is 0 Å². The molecule has 1 aliphatic heterocycles. The summed E-state index contributed by atoms with van der Waals surface area (Å²) in [6.45, 7) is 10.1. The highest BCUT2D eigenvalue weighted by molar-refractivity contribution is 14.0. The number of nitrogens with zero attached hydrogens (tertiary/aromatic N) is 4. The zero-order chi connectivity index (χ0) is 15.8. The first kappa shape index (κ1) is 20.2. The van der Waals surface area contributed by atoms with E-state index in [1.807, 2.05) is 0 Å². The van der Waals surface area contributed by atoms with Crippen molar-refractivity contribution in [3.8, 4) is 0 Å². The molecule has 1 aromatic heterocycles. The molecule has 0 aliphatic carbocycles. The summed E-state index contributed by atoms with van der Waals surface area (Å²) in [5.41, 5.74) is 0. The van der Waals surface area contributed by atoms with Crippen molar-refractivity contribution in [2.45, 2.75) is 59.4 Å². The normalized spacial score (nSPS) is 14.9. The molecule has 23 heavy (non-hydrogen) atoms. The van der Waals surface area contributed by atoms with Gasteiger partial charge in [-0.2, -0.15) is 0 Å². The zero-order valence-corrected chi connectivity index (χ0v) is 17.0. The highest BCUT2D eigenvalue weighted by atomic mass is 127. The van der Waals surface area contributed by atoms with Crippen LogP contribution in [-0.2, 0) is 19.4 Å². The molecule has 0 bridgehead atoms. The maximum Gasteiger partial charge on any atom is 0.191 e. The van der Waals surface area contributed by atoms with Crippen molar-refractivity contribution in [2.24, 2.45) is 10.9 Å². The SMILES string of the molecule is CCNC(=NCC(C)C)NCCc1nnc2n1CCCCC2.I. The van der Waals surface area contributed by atoms with Crippen LogP contribution in [0.1, 0.15) is 51.7 Å². The van der Waals surface area contributed by atoms with Crippen molar-refractivity contribution in [1.82, 2.24) is 25.4 Å². The molecule has 0 spiro atoms. The zero-order valence-electron chi connectivity index (χ0n) is 14.6. The molecule has 0 amide bonds. The molecular weight excluding hydrogens is 403 g/mol. The number of rotatable bonds is 6. The summed E-state index contributed by atoms with van der Waals surface area (Å²) in [4.78, 5) is 4.59. The second kappa shape index (κ2) is 10.8. The van der Waals surface area contributed by atoms with Gasteiger partial charge in [-0.15, -0.1) is 34.2 Å². The number of aliphatic imine (C=N–C) groups is 1. The van der Waals surface area contributed by atoms with Crippen LogP contribution in [0, 0.1) is 5.92 Å². The summed E-state index contributed by atoms with van der Waals surface area (Å²) in [5.74, 6) is 3.73. The smallest absolute Gasteiger partial charge is 0.191 e. The lowest BCUT2D eigenvalue weighted by Crippen LogP contribution is -2.38. The van der Waals surface area contributed by atoms with Crippen LogP contribution in [0.25, 0.3) is 0 Å². The van der Waals surface area contributed by atoms with E-state index in [9.17, 15) is 0 Å². The molecule has 2 N–H and O–H groups in total. The first-order chi connectivity index (χ1) is 10.7. The number of hydrogen-bond acceptors (Lipinski definition) is 3. The Morgan fingerprint density at radius 3 is 2.78 bits per heavy atom. The van der Waals surface area contributed by atoms with E-state index < -0.39 is 0 Å². The molecule has 0 fully saturated rings. The van der Waals surface area contributed by atoms with Crippen molar-refractivity contribution < 1.29 is 0 Å². The summed E-state index contributed by atoms with van der Waals surface area (Å²) in [6, 6.07) is 0. The van der Waals surface area contributed by atoms with E-state index in [0.29, 0.717) is 5.92 Å². The summed E-state index contributed by atoms with van der Waals surface area (Å²) < 4.78 is 2.31. The van der Waals surface area contributed by atoms with E-state index in [1.165, 1.54) is 19.3 Å². The van der Waals surface area contributed by atoms with Gasteiger partial charge < -0.3 is 15.2 Å². The Morgan fingerprint density at radius 2 is 2.04 bits per heavy atom. The highest BCUT2D eigenvalue weighted by Gasteiger charge is 2.14. The molecule has 0 saturated heterocycles. The Balaban J connectivity index is 0.00000264. The molecule has 6 nitrogen and oxygen atoms in total. The van der Waals surface area contributed by atoms with Gasteiger partial charge in [0.15, 0.2) is 5.96 Å². The number of nitrogens with one attached hydrogen (secondary N) is 2. The number of fused-ring (bicyclic) bond motifs is 1. The third-order valence-corrected chi connectivity index (χ3v) is 3.79. The minimum atomic E-state index is 0. The quantitative estimate of drug-likeness (QED) is 0.410. The molecule has 1 aromatic rings. The minimum Gasteiger partial charge on any atom is -0.357 e. The number of halogens is 1. The number of aromatic nitrogens is 3. The van der Waals surface area contributed by atoms with E-state index in [1.54, 1.807) is 0 Å². The monoisotopic (exact) mass is 434 g/mol. The van der Waals surface area contributed by atoms with Crippen LogP contribution >= 0.6 is 24.0 Å². The Hall–Kier alpha value is -0.860. The molecule has 0 aromatic carbocycles. The third-order valence-electron chi connectivity index (χ3n) is 3.79. The van der Waals surface area contributed by atoms with Gasteiger partial charge in [-0.3, -0.25) is 4.99 Å². The molecule has 2 heterocycles. The van der Waals surface area contributed by atoms with Crippen LogP contribution in [0.15, 0.2) is 4.99 Å². The number of hydrogen-bond donors (Lipinski definition) is 2. The van der Waals surface area contributed by atoms with E-state index >= 15 is 0 Å². The van der Waals surface area contributed by atoms with Gasteiger partial charge in [0.2, 0.25) is 0 Å². The molecule has 2 rings (SSSR count). The van der Waals surface area contributed by atoms with Crippen molar-refractivity contribution >= 4 is 29.9 Å². The Kier molecular flexibility index (Phi) is 9.50. The summed E-state index contributed by atoms with van der Waals surface area (Å²) in [7, 11) is 0. The fourth-order valence-corrected chi connectivity index (χ4v) is 2.64. The van der Waals surface area contributed by atoms with Gasteiger partial charge in [0.25, 0.3) is 0 Å². The van der Waals surface area contributed by atoms with Gasteiger partial charge in [-0.05, 0) is 25.7 Å². The maximum absolute atomic E-state index is 4.59. The topological polar surface area (TPSA) is 67.1 Å². The minimum absolute atomic E-state index is 0. The first-order valence-electron chi connectivity index (χ1n) is 8.63. The standard InChI is InChI=1S/C16H30N6.HI/c1-4-17-16(19-12-13(2)3)18-10-9-15-21-20-14-8-6-5-7-11-22(14)15;/h13H,4-12H2,1-3H3,(H2,17,18,19);1H. The van der Waals surface area contributed by atoms with E-state index in [0.717, 1.165) is 56.6 Å². The average Bonchev–Trinajstić information content (AvgIpc) is 2.72. The second-order valence-corrected chi connectivity index (χ2v) is 6.29. The van der Waals surface area contributed by atoms with Crippen LogP contribution in [0.2, 0.25) is 0 Å². The van der Waals surface area contributed by atoms with Crippen LogP contribution in [-0.4, -0.2) is 40.4 Å². The van der Waals surface area contributed by atoms with Crippen LogP contribution in [0.5, 0.6) is 0 Å². The maximum atomic E-state index is 4.59. The van der Waals surface area contributed by atoms with Crippen LogP contribution in [0.4, 0.5) is 0 Å². The van der Waals surface area contributed by atoms with Crippen molar-refractivity contribution in [3.63, 3.8) is 0 Å². The summed E-state index contributed by atoms with van der Waals surface area (Å²) >= 11 is 0. The Morgan fingerprint density at radius 1 is 1.22 bits per heavy atom. The second-order valence-electron chi connectivity index (χ2n) is 6.29. The molecule has 132 valence electrons. The van der Waals surface area contributed by atoms with Gasteiger partial charge in [0.1, 0.15) is 11.6 Å². The number of aryl methyl sites for hydroxylation is 1. The predicted molar refractivity (Wildman–Crippen MR) is 106 cm³/mol. The predicted octanol–water partition coefficient (Wildman–Crippen LogP) is 2.38. The fraction of sp³-hybridized carbons (Fsp3) is 0.812. The lowest BCUT2D eigenvalue weighted by Gasteiger charge is -2.12. The third kappa shape index (κ3) is 6.64. The van der Waals surface area contributed by atoms with Gasteiger partial charge in [-0.25, -0.2) is 0 Å². The van der Waals surface area contributed by atoms with E-state index in [4.69, 9.17) is 0 Å². The van der Waals surface area contributed by atoms with E-state index in [-0.39, 0.29) is 24.0 Å². The molecule has 0 saturated carbocycles. The summed E-state index contributed by atoms with van der Waals surface area (Å²) in [5, 5.41) is 15.4.